The van der Waals surface area contributed by atoms with Crippen molar-refractivity contribution in [1.29, 1.82) is 0 Å². The fraction of sp³-hybridized carbons (Fsp3) is 0.143. The molecular formula is C7H5BrClN3O. The summed E-state index contributed by atoms with van der Waals surface area (Å²) in [6.07, 6.45) is 0. The number of azide groups is 1. The van der Waals surface area contributed by atoms with E-state index in [9.17, 15) is 5.11 Å². The molecule has 1 rings (SSSR count). The number of hydrogen-bond donors (Lipinski definition) is 1. The molecule has 0 spiro atoms. The highest BCUT2D eigenvalue weighted by molar-refractivity contribution is 9.10. The second-order valence-electron chi connectivity index (χ2n) is 2.28. The molecule has 0 radical (unpaired) electrons. The average molecular weight is 262 g/mol. The first kappa shape index (κ1) is 10.2. The first-order valence-corrected chi connectivity index (χ1v) is 4.50. The Labute approximate surface area is 87.9 Å². The molecule has 1 aromatic carbocycles. The summed E-state index contributed by atoms with van der Waals surface area (Å²) < 4.78 is 0.489. The highest BCUT2D eigenvalue weighted by Gasteiger charge is 2.05. The van der Waals surface area contributed by atoms with E-state index in [1.807, 2.05) is 0 Å². The maximum absolute atomic E-state index is 9.46. The SMILES string of the molecule is [N-]=[N+]=NCc1cc(Cl)cc(Br)c1O. The van der Waals surface area contributed by atoms with Gasteiger partial charge < -0.3 is 5.11 Å². The lowest BCUT2D eigenvalue weighted by atomic mass is 10.2. The Morgan fingerprint density at radius 3 is 2.92 bits per heavy atom. The number of phenols is 1. The summed E-state index contributed by atoms with van der Waals surface area (Å²) in [5.41, 5.74) is 8.59. The van der Waals surface area contributed by atoms with Crippen molar-refractivity contribution in [1.82, 2.24) is 0 Å². The van der Waals surface area contributed by atoms with Gasteiger partial charge >= 0.3 is 0 Å². The highest BCUT2D eigenvalue weighted by Crippen LogP contribution is 2.31. The topological polar surface area (TPSA) is 69.0 Å². The van der Waals surface area contributed by atoms with E-state index in [2.05, 4.69) is 26.0 Å². The van der Waals surface area contributed by atoms with Crippen LogP contribution in [0, 0.1) is 0 Å². The largest absolute Gasteiger partial charge is 0.506 e. The van der Waals surface area contributed by atoms with Crippen molar-refractivity contribution >= 4 is 27.5 Å². The van der Waals surface area contributed by atoms with Gasteiger partial charge in [0, 0.05) is 15.5 Å². The van der Waals surface area contributed by atoms with E-state index in [0.717, 1.165) is 0 Å². The summed E-state index contributed by atoms with van der Waals surface area (Å²) >= 11 is 8.84. The van der Waals surface area contributed by atoms with E-state index in [1.54, 1.807) is 12.1 Å². The van der Waals surface area contributed by atoms with Gasteiger partial charge in [0.1, 0.15) is 5.75 Å². The van der Waals surface area contributed by atoms with Crippen molar-refractivity contribution in [2.45, 2.75) is 6.54 Å². The number of hydrogen-bond acceptors (Lipinski definition) is 2. The van der Waals surface area contributed by atoms with Gasteiger partial charge in [0.15, 0.2) is 0 Å². The maximum Gasteiger partial charge on any atom is 0.133 e. The van der Waals surface area contributed by atoms with Crippen molar-refractivity contribution in [3.05, 3.63) is 37.6 Å². The van der Waals surface area contributed by atoms with Crippen molar-refractivity contribution in [3.8, 4) is 5.75 Å². The molecule has 0 bridgehead atoms. The van der Waals surface area contributed by atoms with Crippen LogP contribution >= 0.6 is 27.5 Å². The lowest BCUT2D eigenvalue weighted by molar-refractivity contribution is 0.465. The molecule has 13 heavy (non-hydrogen) atoms. The zero-order valence-electron chi connectivity index (χ0n) is 6.41. The minimum absolute atomic E-state index is 0.0526. The monoisotopic (exact) mass is 261 g/mol. The van der Waals surface area contributed by atoms with Crippen molar-refractivity contribution in [2.24, 2.45) is 5.11 Å². The molecule has 4 nitrogen and oxygen atoms in total. The number of nitrogens with zero attached hydrogens (tertiary/aromatic N) is 3. The van der Waals surface area contributed by atoms with E-state index >= 15 is 0 Å². The molecule has 68 valence electrons. The normalized spacial score (nSPS) is 9.38. The quantitative estimate of drug-likeness (QED) is 0.493. The first-order valence-electron chi connectivity index (χ1n) is 3.33. The standard InChI is InChI=1S/C7H5BrClN3O/c8-6-2-5(9)1-4(7(6)13)3-11-12-10/h1-2,13H,3H2. The summed E-state index contributed by atoms with van der Waals surface area (Å²) in [7, 11) is 0. The van der Waals surface area contributed by atoms with Gasteiger partial charge in [-0.25, -0.2) is 0 Å². The van der Waals surface area contributed by atoms with E-state index in [0.29, 0.717) is 15.1 Å². The molecule has 0 heterocycles. The maximum atomic E-state index is 9.46. The van der Waals surface area contributed by atoms with Gasteiger partial charge in [-0.15, -0.1) is 0 Å². The molecule has 0 fully saturated rings. The molecule has 0 saturated carbocycles. The Morgan fingerprint density at radius 1 is 1.62 bits per heavy atom. The van der Waals surface area contributed by atoms with Crippen LogP contribution in [0.3, 0.4) is 0 Å². The molecule has 0 saturated heterocycles. The number of aromatic hydroxyl groups is 1. The van der Waals surface area contributed by atoms with Gasteiger partial charge in [0.2, 0.25) is 0 Å². The molecule has 1 aromatic rings. The van der Waals surface area contributed by atoms with Gasteiger partial charge in [0.05, 0.1) is 11.0 Å². The van der Waals surface area contributed by atoms with E-state index < -0.39 is 0 Å². The van der Waals surface area contributed by atoms with Crippen molar-refractivity contribution in [2.75, 3.05) is 0 Å². The van der Waals surface area contributed by atoms with Crippen LogP contribution in [-0.2, 0) is 6.54 Å². The zero-order valence-corrected chi connectivity index (χ0v) is 8.75. The van der Waals surface area contributed by atoms with Crippen LogP contribution in [0.15, 0.2) is 21.7 Å². The Bertz CT molecular complexity index is 376. The second-order valence-corrected chi connectivity index (χ2v) is 3.58. The molecular weight excluding hydrogens is 257 g/mol. The van der Waals surface area contributed by atoms with E-state index in [4.69, 9.17) is 17.1 Å². The Morgan fingerprint density at radius 2 is 2.31 bits per heavy atom. The second kappa shape index (κ2) is 4.37. The Balaban J connectivity index is 3.12. The third-order valence-corrected chi connectivity index (χ3v) is 2.23. The predicted molar refractivity (Wildman–Crippen MR) is 53.7 cm³/mol. The van der Waals surface area contributed by atoms with Crippen LogP contribution in [-0.4, -0.2) is 5.11 Å². The van der Waals surface area contributed by atoms with E-state index in [-0.39, 0.29) is 12.3 Å². The fourth-order valence-corrected chi connectivity index (χ4v) is 1.72. The lowest BCUT2D eigenvalue weighted by Gasteiger charge is -2.03. The highest BCUT2D eigenvalue weighted by atomic mass is 79.9. The van der Waals surface area contributed by atoms with Gasteiger partial charge in [-0.3, -0.25) is 0 Å². The molecule has 6 heteroatoms. The van der Waals surface area contributed by atoms with Crippen LogP contribution in [0.2, 0.25) is 5.02 Å². The molecule has 0 aliphatic heterocycles. The molecule has 0 aromatic heterocycles. The predicted octanol–water partition coefficient (Wildman–Crippen LogP) is 3.62. The van der Waals surface area contributed by atoms with Gasteiger partial charge in [-0.05, 0) is 33.6 Å². The lowest BCUT2D eigenvalue weighted by Crippen LogP contribution is -1.83. The zero-order chi connectivity index (χ0) is 9.84. The summed E-state index contributed by atoms with van der Waals surface area (Å²) in [6.45, 7) is 0.0848. The number of rotatable bonds is 2. The summed E-state index contributed by atoms with van der Waals surface area (Å²) in [6, 6.07) is 3.12. The van der Waals surface area contributed by atoms with Crippen LogP contribution in [0.4, 0.5) is 0 Å². The molecule has 0 aliphatic carbocycles. The average Bonchev–Trinajstić information content (AvgIpc) is 2.09. The van der Waals surface area contributed by atoms with Crippen LogP contribution in [0.25, 0.3) is 10.4 Å². The molecule has 1 N–H and O–H groups in total. The number of halogens is 2. The summed E-state index contributed by atoms with van der Waals surface area (Å²) in [5.74, 6) is 0.0526. The minimum atomic E-state index is 0.0526. The van der Waals surface area contributed by atoms with Crippen LogP contribution < -0.4 is 0 Å². The van der Waals surface area contributed by atoms with Crippen molar-refractivity contribution in [3.63, 3.8) is 0 Å². The van der Waals surface area contributed by atoms with E-state index in [1.165, 1.54) is 0 Å². The van der Waals surface area contributed by atoms with Gasteiger partial charge in [0.25, 0.3) is 0 Å². The van der Waals surface area contributed by atoms with Crippen LogP contribution in [0.1, 0.15) is 5.56 Å². The Hall–Kier alpha value is -0.900. The van der Waals surface area contributed by atoms with Crippen molar-refractivity contribution < 1.29 is 5.11 Å². The third kappa shape index (κ3) is 2.52. The van der Waals surface area contributed by atoms with Gasteiger partial charge in [-0.1, -0.05) is 16.7 Å². The summed E-state index contributed by atoms with van der Waals surface area (Å²) in [4.78, 5) is 2.59. The molecule has 0 aliphatic rings. The molecule has 0 unspecified atom stereocenters. The molecule has 0 atom stereocenters. The smallest absolute Gasteiger partial charge is 0.133 e. The van der Waals surface area contributed by atoms with Crippen LogP contribution in [0.5, 0.6) is 5.75 Å². The number of phenolic OH excluding ortho intramolecular Hbond substituents is 1. The fourth-order valence-electron chi connectivity index (χ4n) is 0.848. The minimum Gasteiger partial charge on any atom is -0.506 e. The number of benzene rings is 1. The summed E-state index contributed by atoms with van der Waals surface area (Å²) in [5, 5.41) is 13.3. The first-order chi connectivity index (χ1) is 6.15. The van der Waals surface area contributed by atoms with Gasteiger partial charge in [-0.2, -0.15) is 0 Å². The third-order valence-electron chi connectivity index (χ3n) is 1.41. The Kier molecular flexibility index (Phi) is 3.42. The molecule has 0 amide bonds.